The Hall–Kier alpha value is -2.55. The van der Waals surface area contributed by atoms with Crippen LogP contribution >= 0.6 is 0 Å². The zero-order chi connectivity index (χ0) is 20.6. The Kier molecular flexibility index (Phi) is 5.24. The predicted molar refractivity (Wildman–Crippen MR) is 112 cm³/mol. The molecule has 4 rings (SSSR count). The molecule has 0 N–H and O–H groups in total. The maximum atomic E-state index is 12.8. The third-order valence-electron chi connectivity index (χ3n) is 5.38. The molecule has 152 valence electrons. The van der Waals surface area contributed by atoms with E-state index in [4.69, 9.17) is 0 Å². The summed E-state index contributed by atoms with van der Waals surface area (Å²) in [7, 11) is -3.50. The van der Waals surface area contributed by atoms with Gasteiger partial charge in [-0.25, -0.2) is 13.1 Å². The van der Waals surface area contributed by atoms with E-state index in [0.717, 1.165) is 16.6 Å². The first kappa shape index (κ1) is 19.8. The molecule has 0 aliphatic carbocycles. The fourth-order valence-electron chi connectivity index (χ4n) is 3.66. The molecular formula is C21H24N4O3S. The molecule has 0 radical (unpaired) electrons. The van der Waals surface area contributed by atoms with Gasteiger partial charge in [0.1, 0.15) is 0 Å². The van der Waals surface area contributed by atoms with Gasteiger partial charge in [-0.3, -0.25) is 9.69 Å². The predicted octanol–water partition coefficient (Wildman–Crippen LogP) is 1.98. The minimum absolute atomic E-state index is 0.124. The molecule has 1 aliphatic rings. The number of piperazine rings is 1. The second kappa shape index (κ2) is 7.70. The maximum Gasteiger partial charge on any atom is 0.275 e. The molecule has 2 aromatic carbocycles. The molecule has 0 atom stereocenters. The summed E-state index contributed by atoms with van der Waals surface area (Å²) in [4.78, 5) is 15.1. The first-order valence-corrected chi connectivity index (χ1v) is 11.1. The van der Waals surface area contributed by atoms with Gasteiger partial charge in [0, 0.05) is 31.6 Å². The summed E-state index contributed by atoms with van der Waals surface area (Å²) in [5.41, 5.74) is 1.71. The zero-order valence-corrected chi connectivity index (χ0v) is 17.4. The van der Waals surface area contributed by atoms with Gasteiger partial charge in [0.15, 0.2) is 0 Å². The summed E-state index contributed by atoms with van der Waals surface area (Å²) in [6.07, 6.45) is 0. The molecule has 0 bridgehead atoms. The van der Waals surface area contributed by atoms with Gasteiger partial charge in [0.25, 0.3) is 5.56 Å². The van der Waals surface area contributed by atoms with Gasteiger partial charge >= 0.3 is 0 Å². The minimum Gasteiger partial charge on any atom is -0.282 e. The van der Waals surface area contributed by atoms with Gasteiger partial charge in [-0.2, -0.15) is 9.40 Å². The number of aryl methyl sites for hydroxylation is 2. The molecule has 1 saturated heterocycles. The van der Waals surface area contributed by atoms with E-state index in [1.165, 1.54) is 8.99 Å². The first-order chi connectivity index (χ1) is 13.9. The van der Waals surface area contributed by atoms with E-state index in [2.05, 4.69) is 10.00 Å². The second-order valence-corrected chi connectivity index (χ2v) is 9.35. The first-order valence-electron chi connectivity index (χ1n) is 9.62. The van der Waals surface area contributed by atoms with Gasteiger partial charge in [0.2, 0.25) is 10.0 Å². The van der Waals surface area contributed by atoms with Crippen molar-refractivity contribution >= 4 is 20.8 Å². The van der Waals surface area contributed by atoms with Crippen molar-refractivity contribution in [2.45, 2.75) is 25.4 Å². The van der Waals surface area contributed by atoms with Crippen LogP contribution in [0.4, 0.5) is 0 Å². The molecule has 0 amide bonds. The lowest BCUT2D eigenvalue weighted by atomic mass is 10.1. The largest absolute Gasteiger partial charge is 0.282 e. The Balaban J connectivity index is 1.48. The summed E-state index contributed by atoms with van der Waals surface area (Å²) in [5, 5.41) is 5.97. The number of fused-ring (bicyclic) bond motifs is 1. The minimum atomic E-state index is -3.50. The summed E-state index contributed by atoms with van der Waals surface area (Å²) in [5.74, 6) is 0. The Labute approximate surface area is 170 Å². The lowest BCUT2D eigenvalue weighted by Gasteiger charge is -2.33. The number of benzene rings is 2. The topological polar surface area (TPSA) is 75.5 Å². The van der Waals surface area contributed by atoms with Crippen LogP contribution in [0.5, 0.6) is 0 Å². The van der Waals surface area contributed by atoms with Crippen LogP contribution in [0.2, 0.25) is 0 Å². The van der Waals surface area contributed by atoms with Crippen LogP contribution in [-0.4, -0.2) is 53.6 Å². The molecule has 8 heteroatoms. The highest BCUT2D eigenvalue weighted by Gasteiger charge is 2.28. The van der Waals surface area contributed by atoms with Gasteiger partial charge in [-0.1, -0.05) is 35.9 Å². The Bertz CT molecular complexity index is 1190. The van der Waals surface area contributed by atoms with E-state index in [9.17, 15) is 13.2 Å². The molecule has 7 nitrogen and oxygen atoms in total. The smallest absolute Gasteiger partial charge is 0.275 e. The van der Waals surface area contributed by atoms with E-state index in [1.807, 2.05) is 50.2 Å². The lowest BCUT2D eigenvalue weighted by molar-refractivity contribution is 0.143. The molecule has 1 aromatic heterocycles. The van der Waals surface area contributed by atoms with E-state index >= 15 is 0 Å². The van der Waals surface area contributed by atoms with E-state index in [-0.39, 0.29) is 5.56 Å². The van der Waals surface area contributed by atoms with Crippen LogP contribution in [0.25, 0.3) is 10.8 Å². The molecule has 3 aromatic rings. The average molecular weight is 413 g/mol. The summed E-state index contributed by atoms with van der Waals surface area (Å²) < 4.78 is 28.7. The van der Waals surface area contributed by atoms with E-state index < -0.39 is 10.0 Å². The van der Waals surface area contributed by atoms with Crippen LogP contribution < -0.4 is 5.56 Å². The summed E-state index contributed by atoms with van der Waals surface area (Å²) in [6, 6.07) is 14.4. The molecule has 0 saturated carbocycles. The fourth-order valence-corrected chi connectivity index (χ4v) is 5.08. The summed E-state index contributed by atoms with van der Waals surface area (Å²) in [6.45, 7) is 6.04. The Morgan fingerprint density at radius 2 is 1.52 bits per heavy atom. The SMILES string of the molecule is Cc1ccc(S(=O)(=O)N2CCN(Cn3nc(C)c4ccccc4c3=O)CC2)cc1. The fraction of sp³-hybridized carbons (Fsp3) is 0.333. The second-order valence-electron chi connectivity index (χ2n) is 7.41. The van der Waals surface area contributed by atoms with Crippen LogP contribution in [0, 0.1) is 13.8 Å². The summed E-state index contributed by atoms with van der Waals surface area (Å²) >= 11 is 0. The van der Waals surface area contributed by atoms with E-state index in [1.54, 1.807) is 12.1 Å². The van der Waals surface area contributed by atoms with Crippen molar-refractivity contribution in [3.63, 3.8) is 0 Å². The number of aromatic nitrogens is 2. The van der Waals surface area contributed by atoms with Gasteiger partial charge in [-0.15, -0.1) is 0 Å². The molecule has 1 aliphatic heterocycles. The zero-order valence-electron chi connectivity index (χ0n) is 16.6. The number of hydrogen-bond donors (Lipinski definition) is 0. The van der Waals surface area contributed by atoms with Gasteiger partial charge in [-0.05, 0) is 32.0 Å². The molecule has 2 heterocycles. The molecular weight excluding hydrogens is 388 g/mol. The lowest BCUT2D eigenvalue weighted by Crippen LogP contribution is -2.49. The van der Waals surface area contributed by atoms with Crippen molar-refractivity contribution in [1.82, 2.24) is 19.0 Å². The molecule has 0 unspecified atom stereocenters. The number of hydrogen-bond acceptors (Lipinski definition) is 5. The Morgan fingerprint density at radius 1 is 0.897 bits per heavy atom. The van der Waals surface area contributed by atoms with Crippen molar-refractivity contribution in [2.24, 2.45) is 0 Å². The van der Waals surface area contributed by atoms with Crippen molar-refractivity contribution in [3.05, 3.63) is 70.1 Å². The Morgan fingerprint density at radius 3 is 2.17 bits per heavy atom. The van der Waals surface area contributed by atoms with E-state index in [0.29, 0.717) is 43.1 Å². The van der Waals surface area contributed by atoms with Crippen molar-refractivity contribution in [1.29, 1.82) is 0 Å². The highest BCUT2D eigenvalue weighted by atomic mass is 32.2. The number of sulfonamides is 1. The maximum absolute atomic E-state index is 12.8. The average Bonchev–Trinajstić information content (AvgIpc) is 2.72. The monoisotopic (exact) mass is 412 g/mol. The molecule has 29 heavy (non-hydrogen) atoms. The third kappa shape index (κ3) is 3.83. The van der Waals surface area contributed by atoms with Crippen LogP contribution in [0.15, 0.2) is 58.2 Å². The van der Waals surface area contributed by atoms with Crippen LogP contribution in [0.1, 0.15) is 11.3 Å². The van der Waals surface area contributed by atoms with Crippen molar-refractivity contribution in [3.8, 4) is 0 Å². The number of rotatable bonds is 4. The third-order valence-corrected chi connectivity index (χ3v) is 7.29. The normalized spacial score (nSPS) is 16.3. The standard InChI is InChI=1S/C21H24N4O3S/c1-16-7-9-18(10-8-16)29(27,28)24-13-11-23(12-14-24)15-25-21(26)20-6-4-3-5-19(20)17(2)22-25/h3-10H,11-15H2,1-2H3. The van der Waals surface area contributed by atoms with Gasteiger partial charge in [0.05, 0.1) is 22.6 Å². The quantitative estimate of drug-likeness (QED) is 0.655. The molecule has 0 spiro atoms. The van der Waals surface area contributed by atoms with Crippen LogP contribution in [-0.2, 0) is 16.7 Å². The molecule has 1 fully saturated rings. The highest BCUT2D eigenvalue weighted by Crippen LogP contribution is 2.18. The van der Waals surface area contributed by atoms with Gasteiger partial charge < -0.3 is 0 Å². The number of nitrogens with zero attached hydrogens (tertiary/aromatic N) is 4. The van der Waals surface area contributed by atoms with Crippen molar-refractivity contribution < 1.29 is 8.42 Å². The van der Waals surface area contributed by atoms with Crippen LogP contribution in [0.3, 0.4) is 0 Å². The highest BCUT2D eigenvalue weighted by molar-refractivity contribution is 7.89. The van der Waals surface area contributed by atoms with Crippen molar-refractivity contribution in [2.75, 3.05) is 26.2 Å².